The molecule has 1 amide bonds. The molecule has 104 valence electrons. The average molecular weight is 266 g/mol. The molecule has 1 aromatic rings. The third-order valence-corrected chi connectivity index (χ3v) is 2.44. The van der Waals surface area contributed by atoms with Crippen molar-refractivity contribution in [3.8, 4) is 5.75 Å². The Hall–Kier alpha value is -2.24. The van der Waals surface area contributed by atoms with Gasteiger partial charge in [-0.3, -0.25) is 4.79 Å². The molecule has 0 aromatic heterocycles. The zero-order valence-corrected chi connectivity index (χ0v) is 11.0. The summed E-state index contributed by atoms with van der Waals surface area (Å²) in [5.74, 6) is -0.231. The van der Waals surface area contributed by atoms with Gasteiger partial charge in [0.05, 0.1) is 25.8 Å². The Morgan fingerprint density at radius 3 is 2.68 bits per heavy atom. The SMILES string of the molecule is COC(=O)C(C)NC(=O)CCOc1ccccc1N. The quantitative estimate of drug-likeness (QED) is 0.584. The minimum atomic E-state index is -0.667. The van der Waals surface area contributed by atoms with Crippen molar-refractivity contribution >= 4 is 17.6 Å². The Morgan fingerprint density at radius 2 is 2.05 bits per heavy atom. The van der Waals surface area contributed by atoms with E-state index in [1.54, 1.807) is 31.2 Å². The van der Waals surface area contributed by atoms with Crippen molar-refractivity contribution in [3.05, 3.63) is 24.3 Å². The van der Waals surface area contributed by atoms with Crippen LogP contribution in [-0.2, 0) is 14.3 Å². The zero-order valence-electron chi connectivity index (χ0n) is 11.0. The van der Waals surface area contributed by atoms with Crippen LogP contribution in [0.4, 0.5) is 5.69 Å². The molecule has 0 fully saturated rings. The molecule has 0 aliphatic rings. The van der Waals surface area contributed by atoms with E-state index in [-0.39, 0.29) is 18.9 Å². The van der Waals surface area contributed by atoms with Gasteiger partial charge in [-0.2, -0.15) is 0 Å². The molecule has 19 heavy (non-hydrogen) atoms. The number of hydrogen-bond acceptors (Lipinski definition) is 5. The summed E-state index contributed by atoms with van der Waals surface area (Å²) < 4.78 is 9.87. The predicted molar refractivity (Wildman–Crippen MR) is 70.6 cm³/mol. The van der Waals surface area contributed by atoms with Crippen LogP contribution in [-0.4, -0.2) is 31.6 Å². The number of carbonyl (C=O) groups excluding carboxylic acids is 2. The maximum Gasteiger partial charge on any atom is 0.328 e. The Morgan fingerprint density at radius 1 is 1.37 bits per heavy atom. The number of rotatable bonds is 6. The molecule has 0 saturated heterocycles. The third kappa shape index (κ3) is 4.87. The summed E-state index contributed by atoms with van der Waals surface area (Å²) in [7, 11) is 1.27. The number of para-hydroxylation sites is 2. The fraction of sp³-hybridized carbons (Fsp3) is 0.385. The summed E-state index contributed by atoms with van der Waals surface area (Å²) in [6.07, 6.45) is 0.135. The van der Waals surface area contributed by atoms with Gasteiger partial charge in [-0.15, -0.1) is 0 Å². The number of methoxy groups -OCH3 is 1. The maximum atomic E-state index is 11.5. The molecular formula is C13H18N2O4. The molecule has 1 unspecified atom stereocenters. The van der Waals surface area contributed by atoms with Crippen LogP contribution in [0.1, 0.15) is 13.3 Å². The van der Waals surface area contributed by atoms with Crippen molar-refractivity contribution in [2.45, 2.75) is 19.4 Å². The number of ether oxygens (including phenoxy) is 2. The van der Waals surface area contributed by atoms with Crippen molar-refractivity contribution in [1.29, 1.82) is 0 Å². The van der Waals surface area contributed by atoms with Crippen LogP contribution in [0.3, 0.4) is 0 Å². The highest BCUT2D eigenvalue weighted by atomic mass is 16.5. The highest BCUT2D eigenvalue weighted by Crippen LogP contribution is 2.19. The van der Waals surface area contributed by atoms with Crippen molar-refractivity contribution in [2.75, 3.05) is 19.5 Å². The van der Waals surface area contributed by atoms with Crippen LogP contribution in [0.15, 0.2) is 24.3 Å². The number of amides is 1. The highest BCUT2D eigenvalue weighted by molar-refractivity contribution is 5.84. The number of esters is 1. The Kier molecular flexibility index (Phi) is 5.66. The third-order valence-electron chi connectivity index (χ3n) is 2.44. The van der Waals surface area contributed by atoms with Gasteiger partial charge in [-0.05, 0) is 19.1 Å². The lowest BCUT2D eigenvalue weighted by Gasteiger charge is -2.12. The van der Waals surface area contributed by atoms with Crippen molar-refractivity contribution in [1.82, 2.24) is 5.32 Å². The second-order valence-corrected chi connectivity index (χ2v) is 3.95. The van der Waals surface area contributed by atoms with Crippen LogP contribution in [0, 0.1) is 0 Å². The van der Waals surface area contributed by atoms with Crippen LogP contribution in [0.5, 0.6) is 5.75 Å². The monoisotopic (exact) mass is 266 g/mol. The van der Waals surface area contributed by atoms with E-state index in [2.05, 4.69) is 10.1 Å². The summed E-state index contributed by atoms with van der Waals surface area (Å²) in [4.78, 5) is 22.6. The van der Waals surface area contributed by atoms with Gasteiger partial charge in [-0.25, -0.2) is 4.79 Å². The lowest BCUT2D eigenvalue weighted by Crippen LogP contribution is -2.39. The van der Waals surface area contributed by atoms with Gasteiger partial charge < -0.3 is 20.5 Å². The Bertz CT molecular complexity index is 448. The van der Waals surface area contributed by atoms with Crippen LogP contribution in [0.25, 0.3) is 0 Å². The van der Waals surface area contributed by atoms with Gasteiger partial charge in [-0.1, -0.05) is 12.1 Å². The van der Waals surface area contributed by atoms with E-state index < -0.39 is 12.0 Å². The molecule has 0 radical (unpaired) electrons. The lowest BCUT2D eigenvalue weighted by molar-refractivity contribution is -0.144. The number of anilines is 1. The molecule has 3 N–H and O–H groups in total. The molecule has 0 bridgehead atoms. The normalized spacial score (nSPS) is 11.5. The minimum Gasteiger partial charge on any atom is -0.491 e. The molecule has 1 aromatic carbocycles. The summed E-state index contributed by atoms with van der Waals surface area (Å²) in [6, 6.07) is 6.37. The Labute approximate surface area is 111 Å². The topological polar surface area (TPSA) is 90.6 Å². The van der Waals surface area contributed by atoms with Crippen LogP contribution >= 0.6 is 0 Å². The van der Waals surface area contributed by atoms with Crippen molar-refractivity contribution < 1.29 is 19.1 Å². The predicted octanol–water partition coefficient (Wildman–Crippen LogP) is 0.715. The molecular weight excluding hydrogens is 248 g/mol. The number of carbonyl (C=O) groups is 2. The average Bonchev–Trinajstić information content (AvgIpc) is 2.40. The molecule has 0 saturated carbocycles. The zero-order chi connectivity index (χ0) is 14.3. The second kappa shape index (κ2) is 7.25. The smallest absolute Gasteiger partial charge is 0.328 e. The summed E-state index contributed by atoms with van der Waals surface area (Å²) >= 11 is 0. The first kappa shape index (κ1) is 14.8. The van der Waals surface area contributed by atoms with Crippen LogP contribution in [0.2, 0.25) is 0 Å². The van der Waals surface area contributed by atoms with Crippen molar-refractivity contribution in [2.24, 2.45) is 0 Å². The van der Waals surface area contributed by atoms with E-state index in [4.69, 9.17) is 10.5 Å². The number of hydrogen-bond donors (Lipinski definition) is 2. The summed E-state index contributed by atoms with van der Waals surface area (Å²) in [5.41, 5.74) is 6.21. The molecule has 6 heteroatoms. The maximum absolute atomic E-state index is 11.5. The van der Waals surface area contributed by atoms with Crippen LogP contribution < -0.4 is 15.8 Å². The van der Waals surface area contributed by atoms with E-state index in [1.165, 1.54) is 7.11 Å². The first-order chi connectivity index (χ1) is 9.04. The van der Waals surface area contributed by atoms with E-state index >= 15 is 0 Å². The number of benzene rings is 1. The molecule has 6 nitrogen and oxygen atoms in total. The fourth-order valence-corrected chi connectivity index (χ4v) is 1.42. The van der Waals surface area contributed by atoms with E-state index in [0.717, 1.165) is 0 Å². The molecule has 0 spiro atoms. The number of nitrogen functional groups attached to an aromatic ring is 1. The molecule has 0 heterocycles. The summed E-state index contributed by atoms with van der Waals surface area (Å²) in [6.45, 7) is 1.74. The van der Waals surface area contributed by atoms with Gasteiger partial charge in [0.15, 0.2) is 0 Å². The first-order valence-electron chi connectivity index (χ1n) is 5.89. The van der Waals surface area contributed by atoms with Gasteiger partial charge in [0.2, 0.25) is 5.91 Å². The van der Waals surface area contributed by atoms with Gasteiger partial charge in [0.25, 0.3) is 0 Å². The Balaban J connectivity index is 2.32. The van der Waals surface area contributed by atoms with E-state index in [9.17, 15) is 9.59 Å². The molecule has 0 aliphatic carbocycles. The fourth-order valence-electron chi connectivity index (χ4n) is 1.42. The van der Waals surface area contributed by atoms with Crippen molar-refractivity contribution in [3.63, 3.8) is 0 Å². The van der Waals surface area contributed by atoms with Gasteiger partial charge in [0, 0.05) is 0 Å². The highest BCUT2D eigenvalue weighted by Gasteiger charge is 2.15. The largest absolute Gasteiger partial charge is 0.491 e. The van der Waals surface area contributed by atoms with E-state index in [1.807, 2.05) is 0 Å². The summed E-state index contributed by atoms with van der Waals surface area (Å²) in [5, 5.41) is 2.51. The second-order valence-electron chi connectivity index (χ2n) is 3.95. The minimum absolute atomic E-state index is 0.135. The van der Waals surface area contributed by atoms with E-state index in [0.29, 0.717) is 11.4 Å². The molecule has 1 rings (SSSR count). The standard InChI is InChI=1S/C13H18N2O4/c1-9(13(17)18-2)15-12(16)7-8-19-11-6-4-3-5-10(11)14/h3-6,9H,7-8,14H2,1-2H3,(H,15,16). The lowest BCUT2D eigenvalue weighted by atomic mass is 10.3. The number of nitrogens with two attached hydrogens (primary N) is 1. The van der Waals surface area contributed by atoms with Gasteiger partial charge in [0.1, 0.15) is 11.8 Å². The number of nitrogens with one attached hydrogen (secondary N) is 1. The first-order valence-corrected chi connectivity index (χ1v) is 5.89. The molecule has 0 aliphatic heterocycles. The molecule has 1 atom stereocenters. The van der Waals surface area contributed by atoms with Gasteiger partial charge >= 0.3 is 5.97 Å².